The van der Waals surface area contributed by atoms with Crippen molar-refractivity contribution in [2.24, 2.45) is 11.1 Å². The fraction of sp³-hybridized carbons (Fsp3) is 0.500. The lowest BCUT2D eigenvalue weighted by Gasteiger charge is -2.08. The van der Waals surface area contributed by atoms with Gasteiger partial charge >= 0.3 is 0 Å². The molecule has 1 aliphatic rings. The van der Waals surface area contributed by atoms with E-state index < -0.39 is 0 Å². The van der Waals surface area contributed by atoms with Crippen molar-refractivity contribution in [3.63, 3.8) is 0 Å². The Hall–Kier alpha value is -0.670. The van der Waals surface area contributed by atoms with Crippen LogP contribution in [0.25, 0.3) is 0 Å². The molecule has 0 radical (unpaired) electrons. The Morgan fingerprint density at radius 3 is 2.69 bits per heavy atom. The molecular weight excluding hydrogens is 182 g/mol. The Morgan fingerprint density at radius 2 is 2.31 bits per heavy atom. The third-order valence-corrected chi connectivity index (χ3v) is 3.69. The second-order valence-electron chi connectivity index (χ2n) is 3.72. The van der Waals surface area contributed by atoms with Crippen molar-refractivity contribution in [1.29, 1.82) is 0 Å². The van der Waals surface area contributed by atoms with Crippen LogP contribution in [0.2, 0.25) is 0 Å². The van der Waals surface area contributed by atoms with E-state index in [2.05, 4.69) is 0 Å². The maximum Gasteiger partial charge on any atom is 0.180 e. The first-order valence-electron chi connectivity index (χ1n) is 4.49. The van der Waals surface area contributed by atoms with E-state index in [4.69, 9.17) is 5.73 Å². The van der Waals surface area contributed by atoms with Crippen molar-refractivity contribution in [1.82, 2.24) is 0 Å². The van der Waals surface area contributed by atoms with E-state index in [0.29, 0.717) is 6.54 Å². The lowest BCUT2D eigenvalue weighted by Crippen LogP contribution is -2.24. The maximum absolute atomic E-state index is 11.9. The molecule has 0 aliphatic heterocycles. The topological polar surface area (TPSA) is 43.1 Å². The summed E-state index contributed by atoms with van der Waals surface area (Å²) in [7, 11) is 0. The molecule has 2 nitrogen and oxygen atoms in total. The van der Waals surface area contributed by atoms with Crippen LogP contribution in [0.5, 0.6) is 0 Å². The van der Waals surface area contributed by atoms with Crippen molar-refractivity contribution in [2.75, 3.05) is 6.54 Å². The second kappa shape index (κ2) is 2.93. The molecule has 1 heterocycles. The summed E-state index contributed by atoms with van der Waals surface area (Å²) < 4.78 is 0. The van der Waals surface area contributed by atoms with Gasteiger partial charge in [-0.05, 0) is 31.9 Å². The van der Waals surface area contributed by atoms with Gasteiger partial charge in [0.05, 0.1) is 4.88 Å². The predicted molar refractivity (Wildman–Crippen MR) is 54.1 cm³/mol. The van der Waals surface area contributed by atoms with E-state index in [9.17, 15) is 4.79 Å². The number of carbonyl (C=O) groups is 1. The number of nitrogens with two attached hydrogens (primary N) is 1. The zero-order chi connectivity index (χ0) is 9.47. The van der Waals surface area contributed by atoms with Crippen molar-refractivity contribution >= 4 is 17.1 Å². The Bertz CT molecular complexity index is 338. The average molecular weight is 195 g/mol. The van der Waals surface area contributed by atoms with Gasteiger partial charge in [0.15, 0.2) is 5.78 Å². The summed E-state index contributed by atoms with van der Waals surface area (Å²) in [6.45, 7) is 2.52. The van der Waals surface area contributed by atoms with E-state index in [1.807, 2.05) is 19.1 Å². The van der Waals surface area contributed by atoms with Gasteiger partial charge in [-0.1, -0.05) is 0 Å². The highest BCUT2D eigenvalue weighted by molar-refractivity contribution is 7.14. The van der Waals surface area contributed by atoms with Crippen LogP contribution in [0.4, 0.5) is 0 Å². The Morgan fingerprint density at radius 1 is 1.62 bits per heavy atom. The van der Waals surface area contributed by atoms with E-state index in [1.54, 1.807) is 11.3 Å². The average Bonchev–Trinajstić information content (AvgIpc) is 2.82. The molecule has 1 aromatic rings. The number of Topliss-reactive ketones (excluding diaryl/α,β-unsaturated/α-hetero) is 1. The molecule has 3 heteroatoms. The van der Waals surface area contributed by atoms with Crippen LogP contribution in [0.3, 0.4) is 0 Å². The zero-order valence-electron chi connectivity index (χ0n) is 7.67. The first-order chi connectivity index (χ1) is 6.18. The third-order valence-electron chi connectivity index (χ3n) is 2.69. The smallest absolute Gasteiger partial charge is 0.180 e. The van der Waals surface area contributed by atoms with Gasteiger partial charge in [0, 0.05) is 16.8 Å². The molecular formula is C10H13NOS. The number of hydrogen-bond donors (Lipinski definition) is 1. The van der Waals surface area contributed by atoms with E-state index in [-0.39, 0.29) is 11.2 Å². The molecule has 1 aliphatic carbocycles. The zero-order valence-corrected chi connectivity index (χ0v) is 8.49. The monoisotopic (exact) mass is 195 g/mol. The van der Waals surface area contributed by atoms with Gasteiger partial charge in [-0.2, -0.15) is 0 Å². The molecule has 0 amide bonds. The van der Waals surface area contributed by atoms with Crippen molar-refractivity contribution in [2.45, 2.75) is 19.8 Å². The summed E-state index contributed by atoms with van der Waals surface area (Å²) in [5, 5.41) is 0. The summed E-state index contributed by atoms with van der Waals surface area (Å²) in [4.78, 5) is 14.0. The molecule has 0 spiro atoms. The van der Waals surface area contributed by atoms with E-state index in [0.717, 1.165) is 17.7 Å². The summed E-state index contributed by atoms with van der Waals surface area (Å²) in [5.41, 5.74) is 5.41. The molecule has 0 unspecified atom stereocenters. The van der Waals surface area contributed by atoms with Crippen LogP contribution in [-0.2, 0) is 0 Å². The number of rotatable bonds is 3. The Balaban J connectivity index is 2.23. The van der Waals surface area contributed by atoms with E-state index >= 15 is 0 Å². The Labute approximate surface area is 81.8 Å². The van der Waals surface area contributed by atoms with Crippen LogP contribution in [0.15, 0.2) is 12.1 Å². The molecule has 0 aromatic carbocycles. The first-order valence-corrected chi connectivity index (χ1v) is 5.31. The van der Waals surface area contributed by atoms with Gasteiger partial charge < -0.3 is 5.73 Å². The molecule has 1 fully saturated rings. The SMILES string of the molecule is Cc1ccc(C(=O)C2(CN)CC2)s1. The molecule has 0 saturated heterocycles. The summed E-state index contributed by atoms with van der Waals surface area (Å²) in [5.74, 6) is 0.258. The third kappa shape index (κ3) is 1.42. The molecule has 0 bridgehead atoms. The molecule has 1 saturated carbocycles. The Kier molecular flexibility index (Phi) is 2.00. The van der Waals surface area contributed by atoms with Crippen LogP contribution in [0, 0.1) is 12.3 Å². The summed E-state index contributed by atoms with van der Waals surface area (Å²) in [6.07, 6.45) is 1.94. The molecule has 1 aromatic heterocycles. The van der Waals surface area contributed by atoms with E-state index in [1.165, 1.54) is 4.88 Å². The number of ketones is 1. The van der Waals surface area contributed by atoms with Crippen LogP contribution in [-0.4, -0.2) is 12.3 Å². The quantitative estimate of drug-likeness (QED) is 0.749. The molecule has 2 rings (SSSR count). The molecule has 13 heavy (non-hydrogen) atoms. The van der Waals surface area contributed by atoms with Crippen molar-refractivity contribution in [3.05, 3.63) is 21.9 Å². The summed E-state index contributed by atoms with van der Waals surface area (Å²) >= 11 is 1.57. The molecule has 0 atom stereocenters. The minimum Gasteiger partial charge on any atom is -0.329 e. The fourth-order valence-corrected chi connectivity index (χ4v) is 2.42. The van der Waals surface area contributed by atoms with Crippen LogP contribution >= 0.6 is 11.3 Å². The lowest BCUT2D eigenvalue weighted by molar-refractivity contribution is 0.0910. The van der Waals surface area contributed by atoms with Gasteiger partial charge in [-0.25, -0.2) is 0 Å². The minimum absolute atomic E-state index is 0.183. The van der Waals surface area contributed by atoms with Gasteiger partial charge in [0.1, 0.15) is 0 Å². The first kappa shape index (κ1) is 8.91. The van der Waals surface area contributed by atoms with Gasteiger partial charge in [0.2, 0.25) is 0 Å². The highest BCUT2D eigenvalue weighted by atomic mass is 32.1. The largest absolute Gasteiger partial charge is 0.329 e. The number of thiophene rings is 1. The maximum atomic E-state index is 11.9. The standard InChI is InChI=1S/C10H13NOS/c1-7-2-3-8(13-7)9(12)10(6-11)4-5-10/h2-3H,4-6,11H2,1H3. The van der Waals surface area contributed by atoms with Gasteiger partial charge in [-0.15, -0.1) is 11.3 Å². The second-order valence-corrected chi connectivity index (χ2v) is 5.01. The van der Waals surface area contributed by atoms with Gasteiger partial charge in [-0.3, -0.25) is 4.79 Å². The highest BCUT2D eigenvalue weighted by Gasteiger charge is 2.48. The predicted octanol–water partition coefficient (Wildman–Crippen LogP) is 1.98. The lowest BCUT2D eigenvalue weighted by atomic mass is 10.0. The normalized spacial score (nSPS) is 18.6. The summed E-state index contributed by atoms with van der Waals surface area (Å²) in [6, 6.07) is 3.91. The van der Waals surface area contributed by atoms with Crippen LogP contribution in [0.1, 0.15) is 27.4 Å². The molecule has 70 valence electrons. The number of carbonyl (C=O) groups excluding carboxylic acids is 1. The van der Waals surface area contributed by atoms with Crippen molar-refractivity contribution in [3.8, 4) is 0 Å². The minimum atomic E-state index is -0.183. The van der Waals surface area contributed by atoms with Gasteiger partial charge in [0.25, 0.3) is 0 Å². The van der Waals surface area contributed by atoms with Crippen LogP contribution < -0.4 is 5.73 Å². The number of hydrogen-bond acceptors (Lipinski definition) is 3. The molecule has 2 N–H and O–H groups in total. The highest BCUT2D eigenvalue weighted by Crippen LogP contribution is 2.47. The van der Waals surface area contributed by atoms with Crippen molar-refractivity contribution < 1.29 is 4.79 Å². The fourth-order valence-electron chi connectivity index (χ4n) is 1.49. The number of aryl methyl sites for hydroxylation is 1.